The second kappa shape index (κ2) is 5.93. The average molecular weight is 240 g/mol. The van der Waals surface area contributed by atoms with Crippen molar-refractivity contribution >= 4 is 11.9 Å². The van der Waals surface area contributed by atoms with E-state index in [1.165, 1.54) is 17.2 Å². The van der Waals surface area contributed by atoms with E-state index in [2.05, 4.69) is 4.98 Å². The lowest BCUT2D eigenvalue weighted by Gasteiger charge is -2.19. The molecule has 6 heteroatoms. The highest BCUT2D eigenvalue weighted by molar-refractivity contribution is 5.94. The average Bonchev–Trinajstić information content (AvgIpc) is 2.29. The van der Waals surface area contributed by atoms with Crippen LogP contribution in [0, 0.1) is 5.95 Å². The van der Waals surface area contributed by atoms with E-state index in [-0.39, 0.29) is 18.5 Å². The third-order valence-corrected chi connectivity index (χ3v) is 2.24. The summed E-state index contributed by atoms with van der Waals surface area (Å²) in [6.45, 7) is 2.21. The Hall–Kier alpha value is -1.98. The Morgan fingerprint density at radius 2 is 2.24 bits per heavy atom. The SMILES string of the molecule is CCN(CCC(=O)O)C(=O)c1ccnc(F)c1. The van der Waals surface area contributed by atoms with Gasteiger partial charge in [0.05, 0.1) is 6.42 Å². The van der Waals surface area contributed by atoms with E-state index in [1.807, 2.05) is 0 Å². The number of carbonyl (C=O) groups is 2. The normalized spacial score (nSPS) is 10.0. The molecule has 0 atom stereocenters. The van der Waals surface area contributed by atoms with Crippen molar-refractivity contribution in [1.82, 2.24) is 9.88 Å². The van der Waals surface area contributed by atoms with Crippen molar-refractivity contribution in [2.75, 3.05) is 13.1 Å². The van der Waals surface area contributed by atoms with Gasteiger partial charge in [0.1, 0.15) is 0 Å². The zero-order valence-electron chi connectivity index (χ0n) is 9.39. The number of halogens is 1. The molecule has 0 aliphatic heterocycles. The molecule has 92 valence electrons. The van der Waals surface area contributed by atoms with Gasteiger partial charge in [0.25, 0.3) is 5.91 Å². The minimum absolute atomic E-state index is 0.106. The number of pyridine rings is 1. The fourth-order valence-electron chi connectivity index (χ4n) is 1.35. The lowest BCUT2D eigenvalue weighted by Crippen LogP contribution is -2.32. The molecule has 1 heterocycles. The van der Waals surface area contributed by atoms with E-state index in [1.54, 1.807) is 6.92 Å². The maximum absolute atomic E-state index is 12.8. The Balaban J connectivity index is 2.75. The van der Waals surface area contributed by atoms with Crippen molar-refractivity contribution in [3.8, 4) is 0 Å². The van der Waals surface area contributed by atoms with E-state index in [4.69, 9.17) is 5.11 Å². The number of aliphatic carboxylic acids is 1. The molecule has 0 fully saturated rings. The Labute approximate surface area is 97.9 Å². The number of rotatable bonds is 5. The van der Waals surface area contributed by atoms with Gasteiger partial charge in [-0.05, 0) is 13.0 Å². The summed E-state index contributed by atoms with van der Waals surface area (Å²) in [5.74, 6) is -2.10. The van der Waals surface area contributed by atoms with Crippen LogP contribution in [0.4, 0.5) is 4.39 Å². The van der Waals surface area contributed by atoms with Crippen molar-refractivity contribution < 1.29 is 19.1 Å². The van der Waals surface area contributed by atoms with Crippen molar-refractivity contribution in [3.05, 3.63) is 29.8 Å². The van der Waals surface area contributed by atoms with Crippen LogP contribution in [0.25, 0.3) is 0 Å². The number of carboxylic acid groups (broad SMARTS) is 1. The predicted octanol–water partition coefficient (Wildman–Crippen LogP) is 1.16. The number of hydrogen-bond donors (Lipinski definition) is 1. The summed E-state index contributed by atoms with van der Waals surface area (Å²) < 4.78 is 12.8. The number of carbonyl (C=O) groups excluding carboxylic acids is 1. The van der Waals surface area contributed by atoms with Gasteiger partial charge >= 0.3 is 5.97 Å². The fourth-order valence-corrected chi connectivity index (χ4v) is 1.35. The second-order valence-corrected chi connectivity index (χ2v) is 3.40. The van der Waals surface area contributed by atoms with E-state index >= 15 is 0 Å². The van der Waals surface area contributed by atoms with Gasteiger partial charge in [-0.25, -0.2) is 4.98 Å². The Kier molecular flexibility index (Phi) is 4.56. The molecule has 1 aromatic rings. The first-order valence-corrected chi connectivity index (χ1v) is 5.17. The molecule has 0 spiro atoms. The topological polar surface area (TPSA) is 70.5 Å². The van der Waals surface area contributed by atoms with Gasteiger partial charge < -0.3 is 10.0 Å². The number of hydrogen-bond acceptors (Lipinski definition) is 3. The van der Waals surface area contributed by atoms with E-state index < -0.39 is 17.8 Å². The van der Waals surface area contributed by atoms with Crippen LogP contribution in [0.5, 0.6) is 0 Å². The second-order valence-electron chi connectivity index (χ2n) is 3.40. The molecule has 1 N–H and O–H groups in total. The van der Waals surface area contributed by atoms with Gasteiger partial charge in [-0.15, -0.1) is 0 Å². The molecule has 1 amide bonds. The van der Waals surface area contributed by atoms with Crippen LogP contribution >= 0.6 is 0 Å². The first-order valence-electron chi connectivity index (χ1n) is 5.17. The lowest BCUT2D eigenvalue weighted by atomic mass is 10.2. The third-order valence-electron chi connectivity index (χ3n) is 2.24. The van der Waals surface area contributed by atoms with Crippen LogP contribution in [-0.4, -0.2) is 40.0 Å². The van der Waals surface area contributed by atoms with E-state index in [0.29, 0.717) is 6.54 Å². The minimum Gasteiger partial charge on any atom is -0.481 e. The van der Waals surface area contributed by atoms with Crippen LogP contribution < -0.4 is 0 Å². The van der Waals surface area contributed by atoms with E-state index in [9.17, 15) is 14.0 Å². The van der Waals surface area contributed by atoms with Gasteiger partial charge in [-0.2, -0.15) is 4.39 Å². The summed E-state index contributed by atoms with van der Waals surface area (Å²) in [5.41, 5.74) is 0.171. The molecule has 0 aromatic carbocycles. The molecule has 0 bridgehead atoms. The van der Waals surface area contributed by atoms with Crippen LogP contribution in [0.15, 0.2) is 18.3 Å². The summed E-state index contributed by atoms with van der Waals surface area (Å²) >= 11 is 0. The molecular weight excluding hydrogens is 227 g/mol. The van der Waals surface area contributed by atoms with Crippen molar-refractivity contribution in [2.45, 2.75) is 13.3 Å². The maximum Gasteiger partial charge on any atom is 0.305 e. The molecule has 0 aliphatic carbocycles. The predicted molar refractivity (Wildman–Crippen MR) is 58.0 cm³/mol. The van der Waals surface area contributed by atoms with Crippen molar-refractivity contribution in [2.24, 2.45) is 0 Å². The largest absolute Gasteiger partial charge is 0.481 e. The quantitative estimate of drug-likeness (QED) is 0.784. The highest BCUT2D eigenvalue weighted by Crippen LogP contribution is 2.06. The monoisotopic (exact) mass is 240 g/mol. The highest BCUT2D eigenvalue weighted by Gasteiger charge is 2.15. The van der Waals surface area contributed by atoms with E-state index in [0.717, 1.165) is 6.07 Å². The Morgan fingerprint density at radius 1 is 1.53 bits per heavy atom. The molecule has 1 rings (SSSR count). The molecule has 0 saturated carbocycles. The zero-order chi connectivity index (χ0) is 12.8. The Morgan fingerprint density at radius 3 is 2.76 bits per heavy atom. The first kappa shape index (κ1) is 13.1. The number of carboxylic acids is 1. The number of nitrogens with zero attached hydrogens (tertiary/aromatic N) is 2. The van der Waals surface area contributed by atoms with Gasteiger partial charge in [0.15, 0.2) is 0 Å². The molecule has 0 radical (unpaired) electrons. The van der Waals surface area contributed by atoms with Crippen LogP contribution in [-0.2, 0) is 4.79 Å². The van der Waals surface area contributed by atoms with Crippen LogP contribution in [0.1, 0.15) is 23.7 Å². The third kappa shape index (κ3) is 3.82. The molecule has 0 aliphatic rings. The summed E-state index contributed by atoms with van der Waals surface area (Å²) in [6.07, 6.45) is 1.07. The van der Waals surface area contributed by atoms with Crippen molar-refractivity contribution in [1.29, 1.82) is 0 Å². The number of amides is 1. The maximum atomic E-state index is 12.8. The Bertz CT molecular complexity index is 423. The highest BCUT2D eigenvalue weighted by atomic mass is 19.1. The molecular formula is C11H13FN2O3. The van der Waals surface area contributed by atoms with Crippen LogP contribution in [0.3, 0.4) is 0 Å². The number of aromatic nitrogens is 1. The van der Waals surface area contributed by atoms with Crippen LogP contribution in [0.2, 0.25) is 0 Å². The van der Waals surface area contributed by atoms with Gasteiger partial charge in [-0.3, -0.25) is 9.59 Å². The molecule has 5 nitrogen and oxygen atoms in total. The summed E-state index contributed by atoms with van der Waals surface area (Å²) in [7, 11) is 0. The standard InChI is InChI=1S/C11H13FN2O3/c1-2-14(6-4-10(15)16)11(17)8-3-5-13-9(12)7-8/h3,5,7H,2,4,6H2,1H3,(H,15,16). The smallest absolute Gasteiger partial charge is 0.305 e. The molecule has 0 unspecified atom stereocenters. The molecule has 17 heavy (non-hydrogen) atoms. The molecule has 1 aromatic heterocycles. The minimum atomic E-state index is -0.975. The summed E-state index contributed by atoms with van der Waals surface area (Å²) in [4.78, 5) is 27.0. The molecule has 0 saturated heterocycles. The van der Waals surface area contributed by atoms with Gasteiger partial charge in [0, 0.05) is 30.9 Å². The van der Waals surface area contributed by atoms with Gasteiger partial charge in [0.2, 0.25) is 5.95 Å². The lowest BCUT2D eigenvalue weighted by molar-refractivity contribution is -0.137. The van der Waals surface area contributed by atoms with Crippen molar-refractivity contribution in [3.63, 3.8) is 0 Å². The summed E-state index contributed by atoms with van der Waals surface area (Å²) in [5, 5.41) is 8.55. The summed E-state index contributed by atoms with van der Waals surface area (Å²) in [6, 6.07) is 2.43. The van der Waals surface area contributed by atoms with Gasteiger partial charge in [-0.1, -0.05) is 0 Å². The fraction of sp³-hybridized carbons (Fsp3) is 0.364. The first-order chi connectivity index (χ1) is 8.04. The zero-order valence-corrected chi connectivity index (χ0v) is 9.39.